The molecule has 4 nitrogen and oxygen atoms in total. The molecule has 2 aromatic heterocycles. The molecule has 0 fully saturated rings. The molecule has 3 rings (SSSR count). The minimum atomic E-state index is 0.691. The van der Waals surface area contributed by atoms with Crippen molar-refractivity contribution in [3.63, 3.8) is 0 Å². The SMILES string of the molecule is CCn1nc(C)c2[nH]c(=S)n(-c3cccc(Br)c3)c21. The molecule has 0 aliphatic rings. The Labute approximate surface area is 124 Å². The highest BCUT2D eigenvalue weighted by Gasteiger charge is 2.14. The first-order chi connectivity index (χ1) is 9.11. The number of imidazole rings is 1. The number of halogens is 1. The van der Waals surface area contributed by atoms with Gasteiger partial charge < -0.3 is 4.98 Å². The van der Waals surface area contributed by atoms with Crippen LogP contribution in [0.25, 0.3) is 16.9 Å². The van der Waals surface area contributed by atoms with Crippen LogP contribution in [0.15, 0.2) is 28.7 Å². The van der Waals surface area contributed by atoms with Crippen molar-refractivity contribution in [2.24, 2.45) is 0 Å². The summed E-state index contributed by atoms with van der Waals surface area (Å²) < 4.78 is 5.72. The smallest absolute Gasteiger partial charge is 0.184 e. The van der Waals surface area contributed by atoms with Gasteiger partial charge in [0, 0.05) is 11.0 Å². The van der Waals surface area contributed by atoms with Gasteiger partial charge in [-0.05, 0) is 44.3 Å². The maximum absolute atomic E-state index is 5.45. The van der Waals surface area contributed by atoms with Gasteiger partial charge in [0.1, 0.15) is 5.52 Å². The zero-order chi connectivity index (χ0) is 13.6. The summed E-state index contributed by atoms with van der Waals surface area (Å²) in [6.07, 6.45) is 0. The molecule has 0 unspecified atom stereocenters. The third kappa shape index (κ3) is 1.95. The van der Waals surface area contributed by atoms with E-state index in [4.69, 9.17) is 12.2 Å². The van der Waals surface area contributed by atoms with Crippen LogP contribution in [-0.2, 0) is 6.54 Å². The van der Waals surface area contributed by atoms with Gasteiger partial charge in [-0.15, -0.1) is 0 Å². The predicted molar refractivity (Wildman–Crippen MR) is 82.4 cm³/mol. The van der Waals surface area contributed by atoms with Gasteiger partial charge in [-0.2, -0.15) is 5.10 Å². The average molecular weight is 337 g/mol. The number of fused-ring (bicyclic) bond motifs is 1. The van der Waals surface area contributed by atoms with Gasteiger partial charge in [0.25, 0.3) is 0 Å². The number of hydrogen-bond acceptors (Lipinski definition) is 2. The minimum Gasteiger partial charge on any atom is -0.327 e. The van der Waals surface area contributed by atoms with E-state index >= 15 is 0 Å². The van der Waals surface area contributed by atoms with Crippen molar-refractivity contribution in [1.29, 1.82) is 0 Å². The van der Waals surface area contributed by atoms with E-state index in [-0.39, 0.29) is 0 Å². The standard InChI is InChI=1S/C13H13BrN4S/c1-3-17-12-11(8(2)16-17)15-13(19)18(12)10-6-4-5-9(14)7-10/h4-7H,3H2,1-2H3,(H,15,19). The van der Waals surface area contributed by atoms with Crippen molar-refractivity contribution in [2.75, 3.05) is 0 Å². The molecule has 2 heterocycles. The molecule has 0 aliphatic heterocycles. The van der Waals surface area contributed by atoms with Crippen LogP contribution in [-0.4, -0.2) is 19.3 Å². The van der Waals surface area contributed by atoms with Crippen LogP contribution >= 0.6 is 28.1 Å². The largest absolute Gasteiger partial charge is 0.327 e. The Morgan fingerprint density at radius 1 is 1.42 bits per heavy atom. The number of nitrogens with one attached hydrogen (secondary N) is 1. The van der Waals surface area contributed by atoms with Crippen molar-refractivity contribution in [3.8, 4) is 5.69 Å². The van der Waals surface area contributed by atoms with E-state index in [9.17, 15) is 0 Å². The number of H-pyrrole nitrogens is 1. The van der Waals surface area contributed by atoms with Gasteiger partial charge in [0.2, 0.25) is 0 Å². The molecule has 0 bridgehead atoms. The van der Waals surface area contributed by atoms with E-state index in [1.165, 1.54) is 0 Å². The monoisotopic (exact) mass is 336 g/mol. The van der Waals surface area contributed by atoms with Crippen LogP contribution in [0.2, 0.25) is 0 Å². The maximum Gasteiger partial charge on any atom is 0.184 e. The lowest BCUT2D eigenvalue weighted by Gasteiger charge is -2.06. The number of aryl methyl sites for hydroxylation is 2. The minimum absolute atomic E-state index is 0.691. The molecule has 0 amide bonds. The molecule has 98 valence electrons. The summed E-state index contributed by atoms with van der Waals surface area (Å²) in [6, 6.07) is 8.08. The molecule has 0 atom stereocenters. The summed E-state index contributed by atoms with van der Waals surface area (Å²) in [5.74, 6) is 0. The van der Waals surface area contributed by atoms with Crippen LogP contribution in [0.3, 0.4) is 0 Å². The van der Waals surface area contributed by atoms with Crippen LogP contribution in [0.5, 0.6) is 0 Å². The zero-order valence-corrected chi connectivity index (χ0v) is 13.0. The van der Waals surface area contributed by atoms with E-state index in [2.05, 4.69) is 32.9 Å². The Bertz CT molecular complexity index is 812. The third-order valence-corrected chi connectivity index (χ3v) is 3.89. The van der Waals surface area contributed by atoms with Gasteiger partial charge in [-0.3, -0.25) is 4.57 Å². The molecule has 0 radical (unpaired) electrons. The predicted octanol–water partition coefficient (Wildman–Crippen LogP) is 3.98. The van der Waals surface area contributed by atoms with E-state index in [1.807, 2.05) is 40.4 Å². The van der Waals surface area contributed by atoms with Crippen LogP contribution in [0, 0.1) is 11.7 Å². The zero-order valence-electron chi connectivity index (χ0n) is 10.6. The summed E-state index contributed by atoms with van der Waals surface area (Å²) >= 11 is 8.95. The molecule has 1 N–H and O–H groups in total. The molecule has 0 aliphatic carbocycles. The van der Waals surface area contributed by atoms with E-state index in [1.54, 1.807) is 0 Å². The quantitative estimate of drug-likeness (QED) is 0.719. The van der Waals surface area contributed by atoms with E-state index in [0.717, 1.165) is 33.6 Å². The number of rotatable bonds is 2. The van der Waals surface area contributed by atoms with E-state index < -0.39 is 0 Å². The summed E-state index contributed by atoms with van der Waals surface area (Å²) in [4.78, 5) is 3.25. The van der Waals surface area contributed by atoms with Gasteiger partial charge in [-0.1, -0.05) is 22.0 Å². The number of nitrogens with zero attached hydrogens (tertiary/aromatic N) is 3. The lowest BCUT2D eigenvalue weighted by Crippen LogP contribution is -2.03. The number of aromatic amines is 1. The first-order valence-electron chi connectivity index (χ1n) is 6.06. The Balaban J connectivity index is 2.40. The molecule has 19 heavy (non-hydrogen) atoms. The Kier molecular flexibility index (Phi) is 3.06. The lowest BCUT2D eigenvalue weighted by atomic mass is 10.3. The molecule has 1 aromatic carbocycles. The number of benzene rings is 1. The van der Waals surface area contributed by atoms with Gasteiger partial charge >= 0.3 is 0 Å². The molecular formula is C13H13BrN4S. The fourth-order valence-electron chi connectivity index (χ4n) is 2.28. The Morgan fingerprint density at radius 2 is 2.21 bits per heavy atom. The summed E-state index contributed by atoms with van der Waals surface area (Å²) in [6.45, 7) is 4.88. The van der Waals surface area contributed by atoms with Gasteiger partial charge in [-0.25, -0.2) is 4.68 Å². The van der Waals surface area contributed by atoms with Crippen molar-refractivity contribution < 1.29 is 0 Å². The highest BCUT2D eigenvalue weighted by Crippen LogP contribution is 2.23. The third-order valence-electron chi connectivity index (χ3n) is 3.11. The second kappa shape index (κ2) is 4.61. The first-order valence-corrected chi connectivity index (χ1v) is 7.26. The fraction of sp³-hybridized carbons (Fsp3) is 0.231. The topological polar surface area (TPSA) is 38.5 Å². The van der Waals surface area contributed by atoms with Crippen molar-refractivity contribution in [2.45, 2.75) is 20.4 Å². The summed E-state index contributed by atoms with van der Waals surface area (Å²) in [5.41, 5.74) is 4.02. The second-order valence-corrected chi connectivity index (χ2v) is 5.65. The maximum atomic E-state index is 5.45. The average Bonchev–Trinajstić information content (AvgIpc) is 2.86. The van der Waals surface area contributed by atoms with Crippen molar-refractivity contribution >= 4 is 39.3 Å². The molecule has 0 saturated carbocycles. The summed E-state index contributed by atoms with van der Waals surface area (Å²) in [7, 11) is 0. The number of aromatic nitrogens is 4. The van der Waals surface area contributed by atoms with Crippen molar-refractivity contribution in [3.05, 3.63) is 39.2 Å². The fourth-order valence-corrected chi connectivity index (χ4v) is 2.96. The molecule has 3 aromatic rings. The van der Waals surface area contributed by atoms with Gasteiger partial charge in [0.05, 0.1) is 11.4 Å². The lowest BCUT2D eigenvalue weighted by molar-refractivity contribution is 0.662. The van der Waals surface area contributed by atoms with Crippen molar-refractivity contribution in [1.82, 2.24) is 19.3 Å². The molecule has 0 saturated heterocycles. The van der Waals surface area contributed by atoms with Gasteiger partial charge in [0.15, 0.2) is 10.4 Å². The number of hydrogen-bond donors (Lipinski definition) is 1. The highest BCUT2D eigenvalue weighted by molar-refractivity contribution is 9.10. The highest BCUT2D eigenvalue weighted by atomic mass is 79.9. The Hall–Kier alpha value is -1.40. The normalized spacial score (nSPS) is 11.3. The molecule has 6 heteroatoms. The first kappa shape index (κ1) is 12.6. The molecule has 0 spiro atoms. The van der Waals surface area contributed by atoms with Crippen LogP contribution < -0.4 is 0 Å². The van der Waals surface area contributed by atoms with Crippen LogP contribution in [0.1, 0.15) is 12.6 Å². The summed E-state index contributed by atoms with van der Waals surface area (Å²) in [5, 5.41) is 4.52. The van der Waals surface area contributed by atoms with E-state index in [0.29, 0.717) is 4.77 Å². The molecular weight excluding hydrogens is 324 g/mol. The Morgan fingerprint density at radius 3 is 2.89 bits per heavy atom. The van der Waals surface area contributed by atoms with Crippen LogP contribution in [0.4, 0.5) is 0 Å². The second-order valence-electron chi connectivity index (χ2n) is 4.35.